The van der Waals surface area contributed by atoms with Crippen LogP contribution in [0.1, 0.15) is 21.5 Å². The topological polar surface area (TPSA) is 71.5 Å². The van der Waals surface area contributed by atoms with Gasteiger partial charge in [-0.05, 0) is 49.7 Å². The van der Waals surface area contributed by atoms with Gasteiger partial charge < -0.3 is 19.4 Å². The average molecular weight is 336 g/mol. The van der Waals surface area contributed by atoms with E-state index in [9.17, 15) is 9.90 Å². The van der Waals surface area contributed by atoms with Gasteiger partial charge >= 0.3 is 0 Å². The zero-order valence-corrected chi connectivity index (χ0v) is 14.5. The zero-order chi connectivity index (χ0) is 18.1. The highest BCUT2D eigenvalue weighted by Gasteiger charge is 2.13. The number of rotatable bonds is 4. The Morgan fingerprint density at radius 1 is 1.00 bits per heavy atom. The maximum absolute atomic E-state index is 11.7. The summed E-state index contributed by atoms with van der Waals surface area (Å²) in [7, 11) is 3.11. The van der Waals surface area contributed by atoms with Crippen molar-refractivity contribution in [2.24, 2.45) is 0 Å². The third-order valence-electron chi connectivity index (χ3n) is 4.15. The predicted octanol–water partition coefficient (Wildman–Crippen LogP) is 2.90. The lowest BCUT2D eigenvalue weighted by Gasteiger charge is -2.14. The summed E-state index contributed by atoms with van der Waals surface area (Å²) < 4.78 is 10.6. The minimum absolute atomic E-state index is 0.126. The zero-order valence-electron chi connectivity index (χ0n) is 14.5. The van der Waals surface area contributed by atoms with Gasteiger partial charge in [0.25, 0.3) is 0 Å². The maximum Gasteiger partial charge on any atom is 0.161 e. The summed E-state index contributed by atoms with van der Waals surface area (Å²) in [4.78, 5) is 16.3. The first kappa shape index (κ1) is 16.8. The molecule has 0 aliphatic carbocycles. The summed E-state index contributed by atoms with van der Waals surface area (Å²) in [5, 5.41) is 12.2. The Labute approximate surface area is 145 Å². The van der Waals surface area contributed by atoms with E-state index in [1.165, 1.54) is 6.07 Å². The largest absolute Gasteiger partial charge is 0.545 e. The molecule has 3 rings (SSSR count). The van der Waals surface area contributed by atoms with E-state index in [0.717, 1.165) is 16.7 Å². The summed E-state index contributed by atoms with van der Waals surface area (Å²) >= 11 is 0. The lowest BCUT2D eigenvalue weighted by atomic mass is 10.00. The number of methoxy groups -OCH3 is 2. The highest BCUT2D eigenvalue weighted by Crippen LogP contribution is 2.33. The molecule has 5 nitrogen and oxygen atoms in total. The van der Waals surface area contributed by atoms with Crippen molar-refractivity contribution < 1.29 is 19.4 Å². The molecule has 0 unspecified atom stereocenters. The highest BCUT2D eigenvalue weighted by atomic mass is 16.5. The number of carbonyl (C=O) groups is 1. The maximum atomic E-state index is 11.7. The third-order valence-corrected chi connectivity index (χ3v) is 4.15. The van der Waals surface area contributed by atoms with Crippen molar-refractivity contribution in [3.05, 3.63) is 53.1 Å². The molecule has 5 heteroatoms. The van der Waals surface area contributed by atoms with Gasteiger partial charge in [0.2, 0.25) is 0 Å². The van der Waals surface area contributed by atoms with Crippen LogP contribution < -0.4 is 14.6 Å². The predicted molar refractivity (Wildman–Crippen MR) is 94.1 cm³/mol. The molecule has 0 saturated heterocycles. The highest BCUT2D eigenvalue weighted by molar-refractivity contribution is 6.04. The van der Waals surface area contributed by atoms with E-state index in [2.05, 4.69) is 4.98 Å². The summed E-state index contributed by atoms with van der Waals surface area (Å²) in [5.41, 5.74) is 3.95. The van der Waals surface area contributed by atoms with Crippen LogP contribution in [0.5, 0.6) is 11.5 Å². The number of fused-ring (bicyclic) bond motifs is 1. The summed E-state index contributed by atoms with van der Waals surface area (Å²) in [5.74, 6) is -0.0735. The number of ether oxygens (including phenoxy) is 2. The molecule has 0 radical (unpaired) electrons. The van der Waals surface area contributed by atoms with Crippen molar-refractivity contribution in [3.8, 4) is 22.8 Å². The van der Waals surface area contributed by atoms with Gasteiger partial charge in [-0.1, -0.05) is 11.6 Å². The Morgan fingerprint density at radius 2 is 1.72 bits per heavy atom. The fourth-order valence-electron chi connectivity index (χ4n) is 2.99. The molecule has 1 aromatic heterocycles. The Hall–Kier alpha value is -3.08. The number of hydrogen-bond acceptors (Lipinski definition) is 5. The minimum atomic E-state index is -1.22. The van der Waals surface area contributed by atoms with Crippen molar-refractivity contribution >= 4 is 16.9 Å². The lowest BCUT2D eigenvalue weighted by molar-refractivity contribution is -0.254. The normalized spacial score (nSPS) is 10.7. The molecule has 0 fully saturated rings. The Kier molecular flexibility index (Phi) is 4.31. The number of nitrogens with zero attached hydrogens (tertiary/aromatic N) is 1. The van der Waals surface area contributed by atoms with Crippen LogP contribution in [-0.2, 0) is 0 Å². The Morgan fingerprint density at radius 3 is 2.36 bits per heavy atom. The Balaban J connectivity index is 2.29. The van der Waals surface area contributed by atoms with Gasteiger partial charge in [0, 0.05) is 16.5 Å². The molecule has 0 N–H and O–H groups in total. The number of benzene rings is 2. The van der Waals surface area contributed by atoms with Crippen LogP contribution in [0.3, 0.4) is 0 Å². The standard InChI is InChI=1S/C20H19NO4/c1-11-7-12(2)19-14(8-11)15(20(22)23)10-16(21-19)13-5-6-17(24-3)18(9-13)25-4/h5-10H,1-4H3,(H,22,23)/p-1. The summed E-state index contributed by atoms with van der Waals surface area (Å²) in [6, 6.07) is 10.7. The van der Waals surface area contributed by atoms with Crippen LogP contribution in [0, 0.1) is 13.8 Å². The van der Waals surface area contributed by atoms with Crippen LogP contribution in [0.4, 0.5) is 0 Å². The van der Waals surface area contributed by atoms with E-state index in [1.54, 1.807) is 26.4 Å². The fourth-order valence-corrected chi connectivity index (χ4v) is 2.99. The second kappa shape index (κ2) is 6.43. The fraction of sp³-hybridized carbons (Fsp3) is 0.200. The molecule has 2 aromatic carbocycles. The van der Waals surface area contributed by atoms with Crippen molar-refractivity contribution in [1.82, 2.24) is 4.98 Å². The lowest BCUT2D eigenvalue weighted by Crippen LogP contribution is -2.23. The molecule has 0 amide bonds. The monoisotopic (exact) mass is 336 g/mol. The van der Waals surface area contributed by atoms with Crippen molar-refractivity contribution in [2.75, 3.05) is 14.2 Å². The van der Waals surface area contributed by atoms with E-state index in [0.29, 0.717) is 28.1 Å². The SMILES string of the molecule is COc1ccc(-c2cc(C(=O)[O-])c3cc(C)cc(C)c3n2)cc1OC. The first-order chi connectivity index (χ1) is 11.9. The minimum Gasteiger partial charge on any atom is -0.545 e. The molecule has 0 bridgehead atoms. The van der Waals surface area contributed by atoms with E-state index < -0.39 is 5.97 Å². The molecular formula is C20H18NO4-. The van der Waals surface area contributed by atoms with Crippen LogP contribution in [0.25, 0.3) is 22.2 Å². The molecule has 0 saturated carbocycles. The molecule has 25 heavy (non-hydrogen) atoms. The number of carbonyl (C=O) groups excluding carboxylic acids is 1. The molecule has 0 aliphatic rings. The van der Waals surface area contributed by atoms with Crippen molar-refractivity contribution in [2.45, 2.75) is 13.8 Å². The van der Waals surface area contributed by atoms with E-state index >= 15 is 0 Å². The van der Waals surface area contributed by atoms with E-state index in [4.69, 9.17) is 9.47 Å². The number of pyridine rings is 1. The van der Waals surface area contributed by atoms with Gasteiger partial charge in [-0.3, -0.25) is 0 Å². The number of aromatic nitrogens is 1. The Bertz CT molecular complexity index is 979. The molecule has 0 aliphatic heterocycles. The first-order valence-electron chi connectivity index (χ1n) is 7.80. The molecule has 1 heterocycles. The molecule has 0 atom stereocenters. The first-order valence-corrected chi connectivity index (χ1v) is 7.80. The van der Waals surface area contributed by atoms with Gasteiger partial charge in [-0.2, -0.15) is 0 Å². The average Bonchev–Trinajstić information content (AvgIpc) is 2.60. The number of carboxylic acid groups (broad SMARTS) is 1. The van der Waals surface area contributed by atoms with Gasteiger partial charge in [0.1, 0.15) is 0 Å². The van der Waals surface area contributed by atoms with E-state index in [1.807, 2.05) is 32.0 Å². The summed E-state index contributed by atoms with van der Waals surface area (Å²) in [6.07, 6.45) is 0. The van der Waals surface area contributed by atoms with Gasteiger partial charge in [0.05, 0.1) is 31.4 Å². The van der Waals surface area contributed by atoms with Gasteiger partial charge in [-0.25, -0.2) is 4.98 Å². The number of aryl methyl sites for hydroxylation is 2. The molecule has 0 spiro atoms. The molecule has 128 valence electrons. The molecule has 3 aromatic rings. The number of hydrogen-bond donors (Lipinski definition) is 0. The summed E-state index contributed by atoms with van der Waals surface area (Å²) in [6.45, 7) is 3.84. The van der Waals surface area contributed by atoms with Crippen LogP contribution in [0.2, 0.25) is 0 Å². The number of aromatic carboxylic acids is 1. The van der Waals surface area contributed by atoms with Crippen molar-refractivity contribution in [1.29, 1.82) is 0 Å². The smallest absolute Gasteiger partial charge is 0.161 e. The van der Waals surface area contributed by atoms with Gasteiger partial charge in [-0.15, -0.1) is 0 Å². The molecular weight excluding hydrogens is 318 g/mol. The van der Waals surface area contributed by atoms with E-state index in [-0.39, 0.29) is 5.56 Å². The van der Waals surface area contributed by atoms with Crippen molar-refractivity contribution in [3.63, 3.8) is 0 Å². The second-order valence-corrected chi connectivity index (χ2v) is 5.89. The van der Waals surface area contributed by atoms with Gasteiger partial charge in [0.15, 0.2) is 11.5 Å². The number of carboxylic acids is 1. The van der Waals surface area contributed by atoms with Crippen LogP contribution >= 0.6 is 0 Å². The quantitative estimate of drug-likeness (QED) is 0.732. The second-order valence-electron chi connectivity index (χ2n) is 5.89. The van der Waals surface area contributed by atoms with Crippen LogP contribution in [-0.4, -0.2) is 25.2 Å². The third kappa shape index (κ3) is 3.01. The van der Waals surface area contributed by atoms with Crippen LogP contribution in [0.15, 0.2) is 36.4 Å².